The summed E-state index contributed by atoms with van der Waals surface area (Å²) in [6, 6.07) is 16.2. The van der Waals surface area contributed by atoms with Gasteiger partial charge >= 0.3 is 6.09 Å². The van der Waals surface area contributed by atoms with Crippen molar-refractivity contribution >= 4 is 22.0 Å². The second-order valence-corrected chi connectivity index (χ2v) is 8.34. The van der Waals surface area contributed by atoms with Crippen molar-refractivity contribution in [1.82, 2.24) is 4.90 Å². The van der Waals surface area contributed by atoms with Gasteiger partial charge in [0, 0.05) is 23.9 Å². The van der Waals surface area contributed by atoms with E-state index in [9.17, 15) is 4.79 Å². The van der Waals surface area contributed by atoms with Gasteiger partial charge in [-0.2, -0.15) is 0 Å². The fourth-order valence-corrected chi connectivity index (χ4v) is 4.03. The van der Waals surface area contributed by atoms with Gasteiger partial charge in [-0.1, -0.05) is 70.5 Å². The molecule has 1 amide bonds. The maximum absolute atomic E-state index is 13.0. The van der Waals surface area contributed by atoms with E-state index in [-0.39, 0.29) is 12.1 Å². The average molecular weight is 428 g/mol. The summed E-state index contributed by atoms with van der Waals surface area (Å²) < 4.78 is 7.17. The van der Waals surface area contributed by atoms with Crippen molar-refractivity contribution in [2.24, 2.45) is 0 Å². The molecule has 0 saturated carbocycles. The van der Waals surface area contributed by atoms with Crippen molar-refractivity contribution in [3.8, 4) is 0 Å². The maximum Gasteiger partial charge on any atom is 0.411 e. The predicted octanol–water partition coefficient (Wildman–Crippen LogP) is 6.52. The van der Waals surface area contributed by atoms with Gasteiger partial charge in [-0.05, 0) is 43.5 Å². The van der Waals surface area contributed by atoms with E-state index in [1.54, 1.807) is 0 Å². The number of benzene rings is 2. The summed E-state index contributed by atoms with van der Waals surface area (Å²) in [5.74, 6) is 0. The number of ether oxygens (including phenoxy) is 1. The molecule has 1 fully saturated rings. The van der Waals surface area contributed by atoms with Crippen molar-refractivity contribution in [3.63, 3.8) is 0 Å². The highest BCUT2D eigenvalue weighted by atomic mass is 79.9. The van der Waals surface area contributed by atoms with Crippen molar-refractivity contribution in [3.05, 3.63) is 81.8 Å². The smallest absolute Gasteiger partial charge is 0.411 e. The normalized spacial score (nSPS) is 20.9. The lowest BCUT2D eigenvalue weighted by Gasteiger charge is -2.43. The molecular weight excluding hydrogens is 402 g/mol. The predicted molar refractivity (Wildman–Crippen MR) is 113 cm³/mol. The van der Waals surface area contributed by atoms with E-state index in [1.807, 2.05) is 48.2 Å². The van der Waals surface area contributed by atoms with E-state index in [0.29, 0.717) is 13.0 Å². The van der Waals surface area contributed by atoms with Crippen LogP contribution in [0.1, 0.15) is 49.4 Å². The molecular formula is C23H26BrNO2. The Kier molecular flexibility index (Phi) is 5.75. The van der Waals surface area contributed by atoms with Crippen molar-refractivity contribution < 1.29 is 9.53 Å². The molecule has 2 aromatic rings. The van der Waals surface area contributed by atoms with E-state index >= 15 is 0 Å². The molecule has 0 aromatic heterocycles. The number of carbonyl (C=O) groups is 1. The number of nitrogens with zero attached hydrogens (tertiary/aromatic N) is 1. The standard InChI is InChI=1S/C23H26BrNO2/c1-16(2)15-23(20-8-6-5-7-9-20)12-13-25(22(26)27-23)18(4)19-10-11-21(24)17(3)14-19/h5-11,14,18H,1,12-13,15H2,2-4H3/t18-,23?/m0/s1. The number of carbonyl (C=O) groups excluding carboxylic acids is 1. The molecule has 2 aromatic carbocycles. The SMILES string of the molecule is C=C(C)CC1(c2ccccc2)CCN([C@@H](C)c2ccc(Br)c(C)c2)C(=O)O1. The van der Waals surface area contributed by atoms with Gasteiger partial charge < -0.3 is 9.64 Å². The van der Waals surface area contributed by atoms with Gasteiger partial charge in [0.1, 0.15) is 5.60 Å². The minimum atomic E-state index is -0.629. The van der Waals surface area contributed by atoms with E-state index in [2.05, 4.69) is 48.5 Å². The van der Waals surface area contributed by atoms with Gasteiger partial charge in [0.15, 0.2) is 0 Å². The minimum absolute atomic E-state index is 0.0390. The molecule has 0 bridgehead atoms. The van der Waals surface area contributed by atoms with Crippen molar-refractivity contribution in [2.45, 2.75) is 45.3 Å². The molecule has 1 aliphatic heterocycles. The number of amides is 1. The third-order valence-corrected chi connectivity index (χ3v) is 6.18. The van der Waals surface area contributed by atoms with Crippen LogP contribution in [0.4, 0.5) is 4.79 Å². The number of hydrogen-bond donors (Lipinski definition) is 0. The summed E-state index contributed by atoms with van der Waals surface area (Å²) in [5.41, 5.74) is 3.69. The van der Waals surface area contributed by atoms with Gasteiger partial charge in [0.25, 0.3) is 0 Å². The number of hydrogen-bond acceptors (Lipinski definition) is 2. The molecule has 2 atom stereocenters. The largest absolute Gasteiger partial charge is 0.437 e. The molecule has 1 aliphatic rings. The van der Waals surface area contributed by atoms with Crippen LogP contribution >= 0.6 is 15.9 Å². The molecule has 1 saturated heterocycles. The van der Waals surface area contributed by atoms with Gasteiger partial charge in [-0.15, -0.1) is 0 Å². The molecule has 3 nitrogen and oxygen atoms in total. The van der Waals surface area contributed by atoms with Crippen molar-refractivity contribution in [1.29, 1.82) is 0 Å². The quantitative estimate of drug-likeness (QED) is 0.508. The molecule has 0 radical (unpaired) electrons. The molecule has 0 N–H and O–H groups in total. The molecule has 1 heterocycles. The number of cyclic esters (lactones) is 1. The molecule has 27 heavy (non-hydrogen) atoms. The van der Waals surface area contributed by atoms with Gasteiger partial charge in [0.2, 0.25) is 0 Å². The van der Waals surface area contributed by atoms with E-state index < -0.39 is 5.60 Å². The first kappa shape index (κ1) is 19.7. The third kappa shape index (κ3) is 4.11. The Labute approximate surface area is 170 Å². The summed E-state index contributed by atoms with van der Waals surface area (Å²) >= 11 is 3.54. The van der Waals surface area contributed by atoms with Crippen molar-refractivity contribution in [2.75, 3.05) is 6.54 Å². The van der Waals surface area contributed by atoms with E-state index in [1.165, 1.54) is 0 Å². The third-order valence-electron chi connectivity index (χ3n) is 5.29. The first-order valence-corrected chi connectivity index (χ1v) is 10.1. The van der Waals surface area contributed by atoms with Crippen LogP contribution in [-0.4, -0.2) is 17.5 Å². The van der Waals surface area contributed by atoms with Crippen LogP contribution in [0.2, 0.25) is 0 Å². The monoisotopic (exact) mass is 427 g/mol. The summed E-state index contributed by atoms with van der Waals surface area (Å²) in [6.07, 6.45) is 1.12. The highest BCUT2D eigenvalue weighted by Crippen LogP contribution is 2.41. The zero-order chi connectivity index (χ0) is 19.6. The Morgan fingerprint density at radius 1 is 1.30 bits per heavy atom. The first-order chi connectivity index (χ1) is 12.8. The van der Waals surface area contributed by atoms with Gasteiger partial charge in [0.05, 0.1) is 6.04 Å². The Bertz CT molecular complexity index is 849. The highest BCUT2D eigenvalue weighted by molar-refractivity contribution is 9.10. The van der Waals surface area contributed by atoms with E-state index in [0.717, 1.165) is 33.2 Å². The molecule has 0 aliphatic carbocycles. The molecule has 142 valence electrons. The highest BCUT2D eigenvalue weighted by Gasteiger charge is 2.43. The van der Waals surface area contributed by atoms with Crippen LogP contribution in [0.15, 0.2) is 65.2 Å². The van der Waals surface area contributed by atoms with Gasteiger partial charge in [-0.25, -0.2) is 4.79 Å². The Hall–Kier alpha value is -2.07. The minimum Gasteiger partial charge on any atom is -0.437 e. The second-order valence-electron chi connectivity index (χ2n) is 7.49. The Morgan fingerprint density at radius 2 is 2.00 bits per heavy atom. The van der Waals surface area contributed by atoms with Crippen LogP contribution < -0.4 is 0 Å². The lowest BCUT2D eigenvalue weighted by molar-refractivity contribution is -0.0602. The fourth-order valence-electron chi connectivity index (χ4n) is 3.79. The maximum atomic E-state index is 13.0. The van der Waals surface area contributed by atoms with Crippen LogP contribution in [-0.2, 0) is 10.3 Å². The summed E-state index contributed by atoms with van der Waals surface area (Å²) in [7, 11) is 0. The lowest BCUT2D eigenvalue weighted by Crippen LogP contribution is -2.48. The zero-order valence-corrected chi connectivity index (χ0v) is 17.8. The summed E-state index contributed by atoms with van der Waals surface area (Å²) in [4.78, 5) is 14.8. The first-order valence-electron chi connectivity index (χ1n) is 9.28. The van der Waals surface area contributed by atoms with Crippen LogP contribution in [0.25, 0.3) is 0 Å². The molecule has 4 heteroatoms. The second kappa shape index (κ2) is 7.89. The summed E-state index contributed by atoms with van der Waals surface area (Å²) in [6.45, 7) is 10.8. The van der Waals surface area contributed by atoms with Crippen LogP contribution in [0.5, 0.6) is 0 Å². The van der Waals surface area contributed by atoms with Gasteiger partial charge in [-0.3, -0.25) is 0 Å². The lowest BCUT2D eigenvalue weighted by atomic mass is 9.83. The molecule has 0 spiro atoms. The molecule has 1 unspecified atom stereocenters. The number of rotatable bonds is 5. The number of aryl methyl sites for hydroxylation is 1. The molecule has 3 rings (SSSR count). The summed E-state index contributed by atoms with van der Waals surface area (Å²) in [5, 5.41) is 0. The topological polar surface area (TPSA) is 29.5 Å². The Morgan fingerprint density at radius 3 is 2.59 bits per heavy atom. The Balaban J connectivity index is 1.85. The van der Waals surface area contributed by atoms with Crippen LogP contribution in [0, 0.1) is 6.92 Å². The fraction of sp³-hybridized carbons (Fsp3) is 0.348. The number of halogens is 1. The average Bonchev–Trinajstić information content (AvgIpc) is 2.64. The zero-order valence-electron chi connectivity index (χ0n) is 16.2. The van der Waals surface area contributed by atoms with E-state index in [4.69, 9.17) is 4.74 Å². The van der Waals surface area contributed by atoms with Crippen LogP contribution in [0.3, 0.4) is 0 Å².